The summed E-state index contributed by atoms with van der Waals surface area (Å²) in [5, 5.41) is 3.04. The van der Waals surface area contributed by atoms with E-state index in [1.165, 1.54) is 0 Å². The zero-order valence-electron chi connectivity index (χ0n) is 9.16. The zero-order valence-corrected chi connectivity index (χ0v) is 9.16. The van der Waals surface area contributed by atoms with E-state index in [1.54, 1.807) is 0 Å². The van der Waals surface area contributed by atoms with Crippen molar-refractivity contribution in [2.24, 2.45) is 0 Å². The van der Waals surface area contributed by atoms with E-state index in [1.807, 2.05) is 11.9 Å². The first-order valence-corrected chi connectivity index (χ1v) is 5.25. The van der Waals surface area contributed by atoms with Gasteiger partial charge in [-0.05, 0) is 7.05 Å². The van der Waals surface area contributed by atoms with Gasteiger partial charge in [0.15, 0.2) is 0 Å². The van der Waals surface area contributed by atoms with Crippen molar-refractivity contribution in [3.63, 3.8) is 0 Å². The number of carbonyl (C=O) groups excluding carboxylic acids is 1. The second kappa shape index (κ2) is 6.44. The molecule has 1 amide bonds. The van der Waals surface area contributed by atoms with Crippen LogP contribution in [0.25, 0.3) is 0 Å². The predicted molar refractivity (Wildman–Crippen MR) is 58.3 cm³/mol. The van der Waals surface area contributed by atoms with Crippen LogP contribution in [-0.4, -0.2) is 50.2 Å². The molecule has 0 aromatic heterocycles. The molecule has 4 heteroatoms. The number of morpholine rings is 1. The van der Waals surface area contributed by atoms with Crippen LogP contribution in [-0.2, 0) is 9.53 Å². The Morgan fingerprint density at radius 1 is 1.73 bits per heavy atom. The highest BCUT2D eigenvalue weighted by Crippen LogP contribution is 2.07. The van der Waals surface area contributed by atoms with Crippen molar-refractivity contribution < 1.29 is 9.53 Å². The molecule has 15 heavy (non-hydrogen) atoms. The number of likely N-dealkylation sites (N-methyl/N-ethyl adjacent to an activating group) is 1. The topological polar surface area (TPSA) is 41.6 Å². The molecular weight excluding hydrogens is 192 g/mol. The minimum absolute atomic E-state index is 0.110. The molecule has 1 heterocycles. The molecule has 1 aliphatic rings. The number of amides is 1. The molecule has 0 aromatic carbocycles. The Hall–Kier alpha value is -1.05. The third-order valence-corrected chi connectivity index (χ3v) is 2.41. The van der Waals surface area contributed by atoms with E-state index in [4.69, 9.17) is 11.2 Å². The quantitative estimate of drug-likeness (QED) is 0.656. The van der Waals surface area contributed by atoms with Crippen LogP contribution in [0.5, 0.6) is 0 Å². The summed E-state index contributed by atoms with van der Waals surface area (Å²) < 4.78 is 5.51. The van der Waals surface area contributed by atoms with E-state index in [9.17, 15) is 4.79 Å². The van der Waals surface area contributed by atoms with Gasteiger partial charge in [0.05, 0.1) is 12.7 Å². The highest BCUT2D eigenvalue weighted by atomic mass is 16.5. The molecule has 4 nitrogen and oxygen atoms in total. The Morgan fingerprint density at radius 2 is 2.53 bits per heavy atom. The highest BCUT2D eigenvalue weighted by molar-refractivity contribution is 5.76. The maximum atomic E-state index is 11.7. The van der Waals surface area contributed by atoms with Crippen LogP contribution in [0, 0.1) is 12.3 Å². The lowest BCUT2D eigenvalue weighted by atomic mass is 10.2. The minimum Gasteiger partial charge on any atom is -0.373 e. The summed E-state index contributed by atoms with van der Waals surface area (Å²) in [6.07, 6.45) is 6.20. The number of ether oxygens (including phenoxy) is 1. The molecule has 0 aromatic rings. The van der Waals surface area contributed by atoms with Gasteiger partial charge in [-0.15, -0.1) is 12.3 Å². The van der Waals surface area contributed by atoms with Crippen molar-refractivity contribution in [3.8, 4) is 12.3 Å². The first-order chi connectivity index (χ1) is 7.27. The van der Waals surface area contributed by atoms with E-state index in [2.05, 4.69) is 11.2 Å². The first kappa shape index (κ1) is 12.0. The average molecular weight is 210 g/mol. The smallest absolute Gasteiger partial charge is 0.223 e. The normalized spacial score (nSPS) is 21.1. The average Bonchev–Trinajstić information content (AvgIpc) is 2.27. The van der Waals surface area contributed by atoms with Crippen LogP contribution < -0.4 is 5.32 Å². The van der Waals surface area contributed by atoms with Crippen LogP contribution in [0.4, 0.5) is 0 Å². The van der Waals surface area contributed by atoms with Gasteiger partial charge >= 0.3 is 0 Å². The Bertz CT molecular complexity index is 245. The summed E-state index contributed by atoms with van der Waals surface area (Å²) >= 11 is 0. The fraction of sp³-hybridized carbons (Fsp3) is 0.727. The molecule has 84 valence electrons. The number of hydrogen-bond acceptors (Lipinski definition) is 3. The zero-order chi connectivity index (χ0) is 11.1. The maximum Gasteiger partial charge on any atom is 0.223 e. The fourth-order valence-electron chi connectivity index (χ4n) is 1.63. The third-order valence-electron chi connectivity index (χ3n) is 2.41. The molecule has 1 N–H and O–H groups in total. The van der Waals surface area contributed by atoms with Gasteiger partial charge in [-0.3, -0.25) is 4.79 Å². The first-order valence-electron chi connectivity index (χ1n) is 5.25. The molecule has 0 bridgehead atoms. The van der Waals surface area contributed by atoms with Gasteiger partial charge < -0.3 is 15.0 Å². The minimum atomic E-state index is 0.110. The van der Waals surface area contributed by atoms with Gasteiger partial charge in [-0.25, -0.2) is 0 Å². The van der Waals surface area contributed by atoms with Crippen molar-refractivity contribution in [3.05, 3.63) is 0 Å². The number of carbonyl (C=O) groups is 1. The number of terminal acetylenes is 1. The van der Waals surface area contributed by atoms with Gasteiger partial charge in [0.2, 0.25) is 5.91 Å². The molecule has 0 spiro atoms. The second-order valence-electron chi connectivity index (χ2n) is 3.59. The Kier molecular flexibility index (Phi) is 5.16. The van der Waals surface area contributed by atoms with E-state index in [-0.39, 0.29) is 12.0 Å². The number of rotatable bonds is 4. The van der Waals surface area contributed by atoms with Gasteiger partial charge in [0.1, 0.15) is 0 Å². The number of nitrogens with zero attached hydrogens (tertiary/aromatic N) is 1. The van der Waals surface area contributed by atoms with E-state index in [0.29, 0.717) is 32.5 Å². The molecule has 1 unspecified atom stereocenters. The van der Waals surface area contributed by atoms with E-state index >= 15 is 0 Å². The Balaban J connectivity index is 2.35. The standard InChI is InChI=1S/C11H18N2O2/c1-3-4-5-11(14)13-6-7-15-10(9-13)8-12-2/h1,10,12H,4-9H2,2H3. The molecule has 1 atom stereocenters. The Labute approximate surface area is 91.0 Å². The van der Waals surface area contributed by atoms with Crippen molar-refractivity contribution in [1.29, 1.82) is 0 Å². The molecule has 0 saturated carbocycles. The lowest BCUT2D eigenvalue weighted by molar-refractivity contribution is -0.138. The van der Waals surface area contributed by atoms with Crippen molar-refractivity contribution in [2.45, 2.75) is 18.9 Å². The van der Waals surface area contributed by atoms with Crippen LogP contribution in [0.2, 0.25) is 0 Å². The summed E-state index contributed by atoms with van der Waals surface area (Å²) in [7, 11) is 1.88. The predicted octanol–water partition coefficient (Wildman–Crippen LogP) is -0.153. The second-order valence-corrected chi connectivity index (χ2v) is 3.59. The molecule has 0 aliphatic carbocycles. The molecule has 1 saturated heterocycles. The van der Waals surface area contributed by atoms with Gasteiger partial charge in [-0.2, -0.15) is 0 Å². The van der Waals surface area contributed by atoms with Crippen LogP contribution in [0.15, 0.2) is 0 Å². The summed E-state index contributed by atoms with van der Waals surface area (Å²) in [6, 6.07) is 0. The van der Waals surface area contributed by atoms with Gasteiger partial charge in [0, 0.05) is 32.5 Å². The van der Waals surface area contributed by atoms with E-state index in [0.717, 1.165) is 6.54 Å². The van der Waals surface area contributed by atoms with Crippen LogP contribution in [0.3, 0.4) is 0 Å². The number of nitrogens with one attached hydrogen (secondary N) is 1. The molecule has 0 radical (unpaired) electrons. The SMILES string of the molecule is C#CCCC(=O)N1CCOC(CNC)C1. The Morgan fingerprint density at radius 3 is 3.20 bits per heavy atom. The van der Waals surface area contributed by atoms with E-state index < -0.39 is 0 Å². The van der Waals surface area contributed by atoms with Crippen LogP contribution in [0.1, 0.15) is 12.8 Å². The summed E-state index contributed by atoms with van der Waals surface area (Å²) in [5.41, 5.74) is 0. The largest absolute Gasteiger partial charge is 0.373 e. The molecular formula is C11H18N2O2. The molecule has 1 rings (SSSR count). The number of hydrogen-bond donors (Lipinski definition) is 1. The fourth-order valence-corrected chi connectivity index (χ4v) is 1.63. The monoisotopic (exact) mass is 210 g/mol. The summed E-state index contributed by atoms with van der Waals surface area (Å²) in [5.74, 6) is 2.62. The van der Waals surface area contributed by atoms with Gasteiger partial charge in [0.25, 0.3) is 0 Å². The van der Waals surface area contributed by atoms with Crippen molar-refractivity contribution in [2.75, 3.05) is 33.3 Å². The lowest BCUT2D eigenvalue weighted by Crippen LogP contribution is -2.48. The molecule has 1 fully saturated rings. The summed E-state index contributed by atoms with van der Waals surface area (Å²) in [6.45, 7) is 2.75. The van der Waals surface area contributed by atoms with Crippen LogP contribution >= 0.6 is 0 Å². The lowest BCUT2D eigenvalue weighted by Gasteiger charge is -2.32. The van der Waals surface area contributed by atoms with Crippen molar-refractivity contribution >= 4 is 5.91 Å². The molecule has 1 aliphatic heterocycles. The highest BCUT2D eigenvalue weighted by Gasteiger charge is 2.22. The third kappa shape index (κ3) is 3.90. The maximum absolute atomic E-state index is 11.7. The van der Waals surface area contributed by atoms with Crippen molar-refractivity contribution in [1.82, 2.24) is 10.2 Å². The van der Waals surface area contributed by atoms with Gasteiger partial charge in [-0.1, -0.05) is 0 Å². The summed E-state index contributed by atoms with van der Waals surface area (Å²) in [4.78, 5) is 13.5.